The van der Waals surface area contributed by atoms with Crippen LogP contribution in [-0.4, -0.2) is 41.2 Å². The van der Waals surface area contributed by atoms with Gasteiger partial charge in [0.25, 0.3) is 6.71 Å². The van der Waals surface area contributed by atoms with Gasteiger partial charge < -0.3 is 14.4 Å². The van der Waals surface area contributed by atoms with Crippen LogP contribution in [0.15, 0.2) is 322 Å². The Hall–Kier alpha value is -13.9. The third-order valence-electron chi connectivity index (χ3n) is 23.5. The molecule has 10 nitrogen and oxygen atoms in total. The molecule has 19 rings (SSSR count). The van der Waals surface area contributed by atoms with E-state index in [4.69, 9.17) is 29.9 Å². The Morgan fingerprint density at radius 1 is 0.263 bits per heavy atom. The smallest absolute Gasteiger partial charge is 0.252 e. The van der Waals surface area contributed by atoms with E-state index in [1.54, 1.807) is 0 Å². The summed E-state index contributed by atoms with van der Waals surface area (Å²) in [5.41, 5.74) is 29.8. The number of rotatable bonds is 12. The first-order valence-corrected chi connectivity index (χ1v) is 40.8. The summed E-state index contributed by atoms with van der Waals surface area (Å²) >= 11 is 0. The van der Waals surface area contributed by atoms with Crippen LogP contribution in [0.4, 0.5) is 34.1 Å². The molecule has 118 heavy (non-hydrogen) atoms. The largest absolute Gasteiger partial charge is 0.311 e. The second-order valence-corrected chi connectivity index (χ2v) is 35.6. The zero-order chi connectivity index (χ0) is 81.1. The standard InChI is InChI=1S/C107H89BN10/c1-104(2,3)79-54-76(55-80(64-79)105(4,5)6)73-45-51-93-88(60-73)108-89-61-74(77-56-81(106(7,8)9)65-82(57-77)107(10,11)12)46-52-94(89)117(84-41-29-18-30-42-84)96-63-78(62-95(97(96)108)116(93)83-39-27-17-28-40-83)72-44-49-90-85(58-72)86-59-75(102-112-98(68-31-19-13-20-32-68)110-99(113-102)69-33-21-14-22-34-69)47-50-91(86)118(90)92-48-43-67(66-109)53-87(92)103-114-100(70-35-23-15-24-36-70)111-101(115-103)71-37-25-16-26-38-71/h13-65H,1-12H3. The van der Waals surface area contributed by atoms with E-state index in [2.05, 4.69) is 286 Å². The summed E-state index contributed by atoms with van der Waals surface area (Å²) in [6.45, 7) is 27.7. The van der Waals surface area contributed by atoms with Gasteiger partial charge in [0.15, 0.2) is 34.9 Å². The van der Waals surface area contributed by atoms with Gasteiger partial charge in [-0.25, -0.2) is 29.9 Å². The maximum Gasteiger partial charge on any atom is 0.252 e. The maximum absolute atomic E-state index is 10.9. The molecule has 0 aliphatic carbocycles. The maximum atomic E-state index is 10.9. The predicted octanol–water partition coefficient (Wildman–Crippen LogP) is 25.3. The summed E-state index contributed by atoms with van der Waals surface area (Å²) < 4.78 is 2.31. The van der Waals surface area contributed by atoms with Crippen LogP contribution in [0.2, 0.25) is 0 Å². The molecule has 2 aliphatic heterocycles. The van der Waals surface area contributed by atoms with Gasteiger partial charge in [0, 0.05) is 78.3 Å². The first-order chi connectivity index (χ1) is 56.9. The number of nitriles is 1. The Labute approximate surface area is 691 Å². The highest BCUT2D eigenvalue weighted by Crippen LogP contribution is 2.50. The van der Waals surface area contributed by atoms with Crippen molar-refractivity contribution in [2.45, 2.75) is 105 Å². The summed E-state index contributed by atoms with van der Waals surface area (Å²) in [5.74, 6) is 3.12. The summed E-state index contributed by atoms with van der Waals surface area (Å²) in [4.78, 5) is 36.6. The Morgan fingerprint density at radius 3 is 0.949 bits per heavy atom. The highest BCUT2D eigenvalue weighted by Gasteiger charge is 2.45. The van der Waals surface area contributed by atoms with Crippen LogP contribution in [-0.2, 0) is 21.7 Å². The molecule has 0 unspecified atom stereocenters. The molecule has 11 heteroatoms. The van der Waals surface area contributed by atoms with Gasteiger partial charge in [0.05, 0.1) is 28.4 Å². The third-order valence-corrected chi connectivity index (χ3v) is 23.5. The molecule has 3 aromatic heterocycles. The SMILES string of the molecule is CC(C)(C)c1cc(-c2ccc3c(c2)B2c4cc(-c5cc(C(C)(C)C)cc(C(C)(C)C)c5)ccc4N(c4ccccc4)c4cc(-c5ccc6c(c5)c5cc(-c7nc(-c8ccccc8)nc(-c8ccccc8)n7)ccc5n6-c5ccc(C#N)cc5-c5nc(-c6ccccc6)nc(-c6ccccc6)n5)cc(c42)N3c2ccccc2)cc(C(C)(C)C)c1. The molecule has 14 aromatic carbocycles. The van der Waals surface area contributed by atoms with E-state index in [0.29, 0.717) is 46.1 Å². The lowest BCUT2D eigenvalue weighted by Crippen LogP contribution is -2.61. The van der Waals surface area contributed by atoms with E-state index in [1.807, 2.05) is 140 Å². The molecule has 0 bridgehead atoms. The molecule has 0 saturated heterocycles. The number of nitrogens with zero attached hydrogens (tertiary/aromatic N) is 10. The minimum Gasteiger partial charge on any atom is -0.311 e. The number of aromatic nitrogens is 7. The molecule has 0 fully saturated rings. The van der Waals surface area contributed by atoms with E-state index >= 15 is 0 Å². The molecule has 0 atom stereocenters. The predicted molar refractivity (Wildman–Crippen MR) is 490 cm³/mol. The van der Waals surface area contributed by atoms with Gasteiger partial charge in [-0.05, 0) is 191 Å². The molecule has 5 heterocycles. The molecule has 0 radical (unpaired) electrons. The van der Waals surface area contributed by atoms with E-state index in [0.717, 1.165) is 101 Å². The van der Waals surface area contributed by atoms with Crippen molar-refractivity contribution in [3.63, 3.8) is 0 Å². The molecule has 0 N–H and O–H groups in total. The fourth-order valence-corrected chi connectivity index (χ4v) is 17.0. The molecule has 0 amide bonds. The second kappa shape index (κ2) is 28.8. The Morgan fingerprint density at radius 2 is 0.576 bits per heavy atom. The fourth-order valence-electron chi connectivity index (χ4n) is 17.0. The highest BCUT2D eigenvalue weighted by molar-refractivity contribution is 7.00. The van der Waals surface area contributed by atoms with Crippen LogP contribution in [0.25, 0.3) is 129 Å². The zero-order valence-electron chi connectivity index (χ0n) is 68.6. The minimum absolute atomic E-state index is 0.0947. The summed E-state index contributed by atoms with van der Waals surface area (Å²) in [7, 11) is 0. The van der Waals surface area contributed by atoms with Gasteiger partial charge in [-0.3, -0.25) is 0 Å². The van der Waals surface area contributed by atoms with E-state index in [-0.39, 0.29) is 28.4 Å². The van der Waals surface area contributed by atoms with Gasteiger partial charge in [0.1, 0.15) is 0 Å². The van der Waals surface area contributed by atoms with E-state index < -0.39 is 0 Å². The summed E-state index contributed by atoms with van der Waals surface area (Å²) in [6.07, 6.45) is 0. The number of anilines is 6. The molecule has 2 aliphatic rings. The third kappa shape index (κ3) is 13.6. The number of fused-ring (bicyclic) bond motifs is 7. The first-order valence-electron chi connectivity index (χ1n) is 40.8. The van der Waals surface area contributed by atoms with E-state index in [9.17, 15) is 5.26 Å². The molecule has 17 aromatic rings. The average Bonchev–Trinajstić information content (AvgIpc) is 0.934. The van der Waals surface area contributed by atoms with Crippen LogP contribution in [0.5, 0.6) is 0 Å². The molecule has 0 saturated carbocycles. The Bertz CT molecular complexity index is 6480. The lowest BCUT2D eigenvalue weighted by Gasteiger charge is -2.44. The van der Waals surface area contributed by atoms with Gasteiger partial charge in [-0.1, -0.05) is 308 Å². The van der Waals surface area contributed by atoms with Gasteiger partial charge >= 0.3 is 0 Å². The molecule has 570 valence electrons. The van der Waals surface area contributed by atoms with Gasteiger partial charge in [-0.15, -0.1) is 0 Å². The van der Waals surface area contributed by atoms with Crippen molar-refractivity contribution in [2.75, 3.05) is 9.80 Å². The van der Waals surface area contributed by atoms with Crippen LogP contribution < -0.4 is 26.2 Å². The average molecular weight is 1530 g/mol. The van der Waals surface area contributed by atoms with E-state index in [1.165, 1.54) is 60.9 Å². The Balaban J connectivity index is 0.885. The summed E-state index contributed by atoms with van der Waals surface area (Å²) in [5, 5.41) is 12.8. The normalized spacial score (nSPS) is 12.7. The van der Waals surface area contributed by atoms with Crippen LogP contribution >= 0.6 is 0 Å². The summed E-state index contributed by atoms with van der Waals surface area (Å²) in [6, 6.07) is 118. The highest BCUT2D eigenvalue weighted by atomic mass is 15.2. The lowest BCUT2D eigenvalue weighted by atomic mass is 9.33. The van der Waals surface area contributed by atoms with Crippen LogP contribution in [0.1, 0.15) is 111 Å². The number of benzene rings is 14. The van der Waals surface area contributed by atoms with Crippen molar-refractivity contribution in [2.24, 2.45) is 0 Å². The van der Waals surface area contributed by atoms with Crippen LogP contribution in [0, 0.1) is 11.3 Å². The fraction of sp³-hybridized carbons (Fsp3) is 0.150. The minimum atomic E-state index is -0.234. The second-order valence-electron chi connectivity index (χ2n) is 35.6. The van der Waals surface area contributed by atoms with Gasteiger partial charge in [-0.2, -0.15) is 5.26 Å². The number of para-hydroxylation sites is 2. The monoisotopic (exact) mass is 1520 g/mol. The van der Waals surface area contributed by atoms with Crippen molar-refractivity contribution in [3.05, 3.63) is 349 Å². The lowest BCUT2D eigenvalue weighted by molar-refractivity contribution is 0.568. The van der Waals surface area contributed by atoms with Gasteiger partial charge in [0.2, 0.25) is 0 Å². The quantitative estimate of drug-likeness (QED) is 0.110. The Kier molecular flexibility index (Phi) is 18.1. The number of hydrogen-bond acceptors (Lipinski definition) is 9. The number of hydrogen-bond donors (Lipinski definition) is 0. The molecular weight excluding hydrogens is 1440 g/mol. The molecular formula is C107H89BN10. The molecule has 0 spiro atoms. The van der Waals surface area contributed by atoms with Crippen LogP contribution in [0.3, 0.4) is 0 Å². The topological polar surface area (TPSA) is 113 Å². The van der Waals surface area contributed by atoms with Crippen molar-refractivity contribution < 1.29 is 0 Å². The zero-order valence-corrected chi connectivity index (χ0v) is 68.6. The van der Waals surface area contributed by atoms with Crippen molar-refractivity contribution in [1.82, 2.24) is 34.5 Å². The van der Waals surface area contributed by atoms with Crippen molar-refractivity contribution in [3.8, 4) is 113 Å². The van der Waals surface area contributed by atoms with Crippen molar-refractivity contribution in [1.29, 1.82) is 5.26 Å². The first kappa shape index (κ1) is 74.2. The van der Waals surface area contributed by atoms with Crippen molar-refractivity contribution >= 4 is 79.0 Å².